The Labute approximate surface area is 154 Å². The first-order valence-corrected chi connectivity index (χ1v) is 8.87. The second-order valence-corrected chi connectivity index (χ2v) is 7.24. The lowest BCUT2D eigenvalue weighted by molar-refractivity contribution is 0.0993. The van der Waals surface area contributed by atoms with E-state index in [-0.39, 0.29) is 11.3 Å². The van der Waals surface area contributed by atoms with E-state index in [0.29, 0.717) is 11.0 Å². The third-order valence-corrected chi connectivity index (χ3v) is 5.21. The first-order chi connectivity index (χ1) is 12.4. The molecule has 0 N–H and O–H groups in total. The van der Waals surface area contributed by atoms with Crippen molar-refractivity contribution in [3.8, 4) is 11.4 Å². The number of hydrogen-bond acceptors (Lipinski definition) is 4. The number of aryl methyl sites for hydroxylation is 1. The molecule has 0 saturated carbocycles. The Morgan fingerprint density at radius 2 is 1.85 bits per heavy atom. The molecule has 0 aliphatic heterocycles. The van der Waals surface area contributed by atoms with Crippen LogP contribution in [0.25, 0.3) is 11.4 Å². The van der Waals surface area contributed by atoms with Crippen LogP contribution in [0, 0.1) is 18.6 Å². The maximum atomic E-state index is 13.4. The number of aromatic nitrogens is 3. The fourth-order valence-electron chi connectivity index (χ4n) is 2.57. The molecular formula is C19H17F2N3OS. The summed E-state index contributed by atoms with van der Waals surface area (Å²) in [5.74, 6) is -1.60. The molecule has 0 aliphatic rings. The molecule has 3 aromatic rings. The van der Waals surface area contributed by atoms with Crippen LogP contribution in [0.3, 0.4) is 0 Å². The summed E-state index contributed by atoms with van der Waals surface area (Å²) in [5.41, 5.74) is 2.17. The van der Waals surface area contributed by atoms with Gasteiger partial charge in [-0.25, -0.2) is 8.78 Å². The molecule has 26 heavy (non-hydrogen) atoms. The molecule has 7 heteroatoms. The van der Waals surface area contributed by atoms with Gasteiger partial charge in [-0.15, -0.1) is 10.2 Å². The van der Waals surface area contributed by atoms with Gasteiger partial charge in [0.05, 0.1) is 5.25 Å². The molecule has 0 fully saturated rings. The fraction of sp³-hybridized carbons (Fsp3) is 0.211. The minimum atomic E-state index is -1.03. The van der Waals surface area contributed by atoms with Gasteiger partial charge >= 0.3 is 0 Å². The van der Waals surface area contributed by atoms with Crippen LogP contribution in [0.2, 0.25) is 0 Å². The molecule has 3 rings (SSSR count). The van der Waals surface area contributed by atoms with Crippen molar-refractivity contribution in [2.24, 2.45) is 7.05 Å². The molecule has 134 valence electrons. The minimum absolute atomic E-state index is 0.130. The Balaban J connectivity index is 1.82. The maximum Gasteiger partial charge on any atom is 0.191 e. The Hall–Kier alpha value is -2.54. The lowest BCUT2D eigenvalue weighted by Gasteiger charge is -2.11. The van der Waals surface area contributed by atoms with Crippen molar-refractivity contribution in [2.75, 3.05) is 0 Å². The van der Waals surface area contributed by atoms with E-state index in [1.165, 1.54) is 17.8 Å². The summed E-state index contributed by atoms with van der Waals surface area (Å²) in [6.45, 7) is 3.70. The van der Waals surface area contributed by atoms with Crippen molar-refractivity contribution in [3.05, 3.63) is 65.2 Å². The first kappa shape index (κ1) is 18.3. The summed E-state index contributed by atoms with van der Waals surface area (Å²) in [6.07, 6.45) is 0. The summed E-state index contributed by atoms with van der Waals surface area (Å²) >= 11 is 1.23. The van der Waals surface area contributed by atoms with Gasteiger partial charge in [0.25, 0.3) is 0 Å². The van der Waals surface area contributed by atoms with Gasteiger partial charge in [0, 0.05) is 18.2 Å². The van der Waals surface area contributed by atoms with Crippen LogP contribution in [0.4, 0.5) is 8.78 Å². The molecule has 0 saturated heterocycles. The van der Waals surface area contributed by atoms with Gasteiger partial charge in [0.1, 0.15) is 0 Å². The van der Waals surface area contributed by atoms with Crippen LogP contribution in [0.1, 0.15) is 22.8 Å². The summed E-state index contributed by atoms with van der Waals surface area (Å²) in [7, 11) is 1.83. The Bertz CT molecular complexity index is 971. The van der Waals surface area contributed by atoms with E-state index in [9.17, 15) is 13.6 Å². The van der Waals surface area contributed by atoms with Crippen LogP contribution in [-0.4, -0.2) is 25.8 Å². The average Bonchev–Trinajstić information content (AvgIpc) is 2.97. The molecule has 1 aromatic heterocycles. The Morgan fingerprint density at radius 3 is 2.54 bits per heavy atom. The van der Waals surface area contributed by atoms with E-state index < -0.39 is 16.9 Å². The highest BCUT2D eigenvalue weighted by molar-refractivity contribution is 8.00. The number of Topliss-reactive ketones (excluding diaryl/α,β-unsaturated/α-hetero) is 1. The monoisotopic (exact) mass is 373 g/mol. The fourth-order valence-corrected chi connectivity index (χ4v) is 3.46. The number of carbonyl (C=O) groups is 1. The van der Waals surface area contributed by atoms with Crippen molar-refractivity contribution in [3.63, 3.8) is 0 Å². The predicted molar refractivity (Wildman–Crippen MR) is 97.2 cm³/mol. The van der Waals surface area contributed by atoms with Crippen LogP contribution in [0.5, 0.6) is 0 Å². The van der Waals surface area contributed by atoms with E-state index in [2.05, 4.69) is 10.2 Å². The molecule has 0 aliphatic carbocycles. The van der Waals surface area contributed by atoms with Crippen molar-refractivity contribution < 1.29 is 13.6 Å². The molecular weight excluding hydrogens is 356 g/mol. The molecule has 2 aromatic carbocycles. The summed E-state index contributed by atoms with van der Waals surface area (Å²) in [5, 5.41) is 8.45. The number of ketones is 1. The molecule has 0 spiro atoms. The number of benzene rings is 2. The number of carbonyl (C=O) groups excluding carboxylic acids is 1. The molecule has 4 nitrogen and oxygen atoms in total. The molecule has 1 atom stereocenters. The van der Waals surface area contributed by atoms with Gasteiger partial charge in [-0.1, -0.05) is 36.0 Å². The van der Waals surface area contributed by atoms with Crippen molar-refractivity contribution in [1.82, 2.24) is 14.8 Å². The van der Waals surface area contributed by atoms with Crippen LogP contribution in [-0.2, 0) is 7.05 Å². The zero-order valence-electron chi connectivity index (χ0n) is 14.5. The van der Waals surface area contributed by atoms with Gasteiger partial charge in [0.15, 0.2) is 28.4 Å². The van der Waals surface area contributed by atoms with Crippen molar-refractivity contribution >= 4 is 17.5 Å². The third-order valence-electron chi connectivity index (χ3n) is 4.08. The normalized spacial score (nSPS) is 12.2. The van der Waals surface area contributed by atoms with E-state index in [4.69, 9.17) is 0 Å². The second-order valence-electron chi connectivity index (χ2n) is 5.93. The second kappa shape index (κ2) is 7.37. The standard InChI is InChI=1S/C19H17F2N3OS/c1-11-6-4-5-7-14(11)18-22-23-19(24(18)3)26-12(2)17(25)13-8-9-15(20)16(21)10-13/h4-10,12H,1-3H3/t12-/m0/s1. The lowest BCUT2D eigenvalue weighted by atomic mass is 10.1. The molecule has 1 heterocycles. The van der Waals surface area contributed by atoms with Gasteiger partial charge in [-0.05, 0) is 37.6 Å². The van der Waals surface area contributed by atoms with Gasteiger partial charge in [-0.3, -0.25) is 4.79 Å². The average molecular weight is 373 g/mol. The SMILES string of the molecule is Cc1ccccc1-c1nnc(S[C@@H](C)C(=O)c2ccc(F)c(F)c2)n1C. The molecule has 0 amide bonds. The molecule has 0 bridgehead atoms. The van der Waals surface area contributed by atoms with Gasteiger partial charge in [0.2, 0.25) is 0 Å². The highest BCUT2D eigenvalue weighted by Gasteiger charge is 2.21. The summed E-state index contributed by atoms with van der Waals surface area (Å²) in [6, 6.07) is 11.0. The largest absolute Gasteiger partial charge is 0.305 e. The van der Waals surface area contributed by atoms with Crippen molar-refractivity contribution in [2.45, 2.75) is 24.3 Å². The van der Waals surface area contributed by atoms with Crippen LogP contribution in [0.15, 0.2) is 47.6 Å². The number of hydrogen-bond donors (Lipinski definition) is 0. The quantitative estimate of drug-likeness (QED) is 0.490. The minimum Gasteiger partial charge on any atom is -0.305 e. The topological polar surface area (TPSA) is 47.8 Å². The van der Waals surface area contributed by atoms with E-state index in [0.717, 1.165) is 23.3 Å². The maximum absolute atomic E-state index is 13.4. The number of nitrogens with zero attached hydrogens (tertiary/aromatic N) is 3. The van der Waals surface area contributed by atoms with Gasteiger partial charge < -0.3 is 4.57 Å². The van der Waals surface area contributed by atoms with Crippen LogP contribution < -0.4 is 0 Å². The molecule has 0 radical (unpaired) electrons. The molecule has 0 unspecified atom stereocenters. The van der Waals surface area contributed by atoms with Crippen LogP contribution >= 0.6 is 11.8 Å². The Morgan fingerprint density at radius 1 is 1.12 bits per heavy atom. The van der Waals surface area contributed by atoms with E-state index >= 15 is 0 Å². The third kappa shape index (κ3) is 3.53. The number of rotatable bonds is 5. The predicted octanol–water partition coefficient (Wildman–Crippen LogP) is 4.43. The lowest BCUT2D eigenvalue weighted by Crippen LogP contribution is -2.15. The van der Waals surface area contributed by atoms with Gasteiger partial charge in [-0.2, -0.15) is 0 Å². The van der Waals surface area contributed by atoms with E-state index in [1.54, 1.807) is 6.92 Å². The highest BCUT2D eigenvalue weighted by Crippen LogP contribution is 2.28. The smallest absolute Gasteiger partial charge is 0.191 e. The van der Waals surface area contributed by atoms with Crippen molar-refractivity contribution in [1.29, 1.82) is 0 Å². The first-order valence-electron chi connectivity index (χ1n) is 7.99. The summed E-state index contributed by atoms with van der Waals surface area (Å²) < 4.78 is 28.2. The zero-order valence-corrected chi connectivity index (χ0v) is 15.3. The number of thioether (sulfide) groups is 1. The van der Waals surface area contributed by atoms with E-state index in [1.807, 2.05) is 42.8 Å². The zero-order chi connectivity index (χ0) is 18.8. The Kier molecular flexibility index (Phi) is 5.18. The number of halogens is 2. The summed E-state index contributed by atoms with van der Waals surface area (Å²) in [4.78, 5) is 12.5. The highest BCUT2D eigenvalue weighted by atomic mass is 32.2.